The summed E-state index contributed by atoms with van der Waals surface area (Å²) in [5, 5.41) is 8.89. The Kier molecular flexibility index (Phi) is 7.15. The van der Waals surface area contributed by atoms with Gasteiger partial charge in [-0.1, -0.05) is 37.3 Å². The van der Waals surface area contributed by atoms with E-state index in [1.165, 1.54) is 5.56 Å². The highest BCUT2D eigenvalue weighted by molar-refractivity contribution is 7.99. The van der Waals surface area contributed by atoms with Gasteiger partial charge >= 0.3 is 5.97 Å². The van der Waals surface area contributed by atoms with Gasteiger partial charge in [0.1, 0.15) is 0 Å². The van der Waals surface area contributed by atoms with Crippen molar-refractivity contribution in [3.05, 3.63) is 35.9 Å². The topological polar surface area (TPSA) is 57.6 Å². The Bertz CT molecular complexity index is 436. The zero-order valence-corrected chi connectivity index (χ0v) is 12.7. The van der Waals surface area contributed by atoms with E-state index in [1.807, 2.05) is 37.3 Å². The minimum absolute atomic E-state index is 0.00142. The Morgan fingerprint density at radius 2 is 1.95 bits per heavy atom. The highest BCUT2D eigenvalue weighted by Crippen LogP contribution is 2.13. The van der Waals surface area contributed by atoms with Crippen molar-refractivity contribution in [2.75, 3.05) is 18.8 Å². The molecule has 0 saturated carbocycles. The quantitative estimate of drug-likeness (QED) is 0.800. The first-order chi connectivity index (χ1) is 9.54. The molecule has 0 saturated heterocycles. The van der Waals surface area contributed by atoms with E-state index >= 15 is 0 Å². The van der Waals surface area contributed by atoms with Gasteiger partial charge in [-0.3, -0.25) is 9.59 Å². The van der Waals surface area contributed by atoms with Gasteiger partial charge < -0.3 is 10.0 Å². The van der Waals surface area contributed by atoms with Crippen LogP contribution in [0.3, 0.4) is 0 Å². The number of carboxylic acid groups (broad SMARTS) is 1. The van der Waals surface area contributed by atoms with E-state index in [1.54, 1.807) is 23.6 Å². The molecule has 1 rings (SSSR count). The Morgan fingerprint density at radius 1 is 1.30 bits per heavy atom. The van der Waals surface area contributed by atoms with Gasteiger partial charge in [0, 0.05) is 18.8 Å². The predicted molar refractivity (Wildman–Crippen MR) is 81.7 cm³/mol. The number of thioether (sulfide) groups is 1. The maximum absolute atomic E-state index is 12.0. The first-order valence-electron chi connectivity index (χ1n) is 6.66. The molecule has 0 aromatic heterocycles. The summed E-state index contributed by atoms with van der Waals surface area (Å²) < 4.78 is 0. The molecule has 1 amide bonds. The maximum atomic E-state index is 12.0. The van der Waals surface area contributed by atoms with Gasteiger partial charge in [0.2, 0.25) is 5.91 Å². The third-order valence-electron chi connectivity index (χ3n) is 2.99. The number of aliphatic carboxylic acids is 1. The van der Waals surface area contributed by atoms with Crippen molar-refractivity contribution in [1.82, 2.24) is 4.90 Å². The second-order valence-corrected chi connectivity index (χ2v) is 5.64. The summed E-state index contributed by atoms with van der Waals surface area (Å²) >= 11 is 1.55. The molecular weight excluding hydrogens is 274 g/mol. The first-order valence-corrected chi connectivity index (χ1v) is 7.82. The molecule has 0 aliphatic heterocycles. The molecule has 0 fully saturated rings. The molecule has 1 aromatic rings. The van der Waals surface area contributed by atoms with Crippen LogP contribution < -0.4 is 0 Å². The van der Waals surface area contributed by atoms with Gasteiger partial charge in [-0.25, -0.2) is 0 Å². The van der Waals surface area contributed by atoms with Crippen molar-refractivity contribution in [2.24, 2.45) is 5.92 Å². The Hall–Kier alpha value is -1.49. The van der Waals surface area contributed by atoms with Crippen molar-refractivity contribution in [3.8, 4) is 0 Å². The summed E-state index contributed by atoms with van der Waals surface area (Å²) in [5.74, 6) is -0.221. The lowest BCUT2D eigenvalue weighted by molar-refractivity contribution is -0.142. The molecule has 0 spiro atoms. The molecule has 0 radical (unpaired) electrons. The van der Waals surface area contributed by atoms with Gasteiger partial charge in [0.15, 0.2) is 0 Å². The Morgan fingerprint density at radius 3 is 2.50 bits per heavy atom. The highest BCUT2D eigenvalue weighted by Gasteiger charge is 2.18. The van der Waals surface area contributed by atoms with E-state index in [2.05, 4.69) is 0 Å². The van der Waals surface area contributed by atoms with Crippen molar-refractivity contribution in [1.29, 1.82) is 0 Å². The van der Waals surface area contributed by atoms with Gasteiger partial charge in [-0.15, -0.1) is 11.8 Å². The second kappa shape index (κ2) is 8.64. The standard InChI is InChI=1S/C15H21NO3S/c1-3-16(9-12(2)15(18)19)14(17)11-20-10-13-7-5-4-6-8-13/h4-8,12H,3,9-11H2,1-2H3,(H,18,19). The van der Waals surface area contributed by atoms with Gasteiger partial charge in [0.25, 0.3) is 0 Å². The summed E-state index contributed by atoms with van der Waals surface area (Å²) in [6, 6.07) is 9.98. The molecule has 110 valence electrons. The van der Waals surface area contributed by atoms with E-state index in [9.17, 15) is 9.59 Å². The fraction of sp³-hybridized carbons (Fsp3) is 0.467. The number of carboxylic acids is 1. The normalized spacial score (nSPS) is 11.9. The van der Waals surface area contributed by atoms with Crippen LogP contribution in [0.1, 0.15) is 19.4 Å². The van der Waals surface area contributed by atoms with Crippen molar-refractivity contribution in [3.63, 3.8) is 0 Å². The molecule has 20 heavy (non-hydrogen) atoms. The molecule has 1 unspecified atom stereocenters. The molecule has 0 bridgehead atoms. The number of hydrogen-bond acceptors (Lipinski definition) is 3. The smallest absolute Gasteiger partial charge is 0.308 e. The fourth-order valence-corrected chi connectivity index (χ4v) is 2.63. The number of carbonyl (C=O) groups excluding carboxylic acids is 1. The second-order valence-electron chi connectivity index (χ2n) is 4.65. The van der Waals surface area contributed by atoms with Gasteiger partial charge in [0.05, 0.1) is 11.7 Å². The van der Waals surface area contributed by atoms with Crippen LogP contribution in [0.4, 0.5) is 0 Å². The lowest BCUT2D eigenvalue weighted by Gasteiger charge is -2.22. The van der Waals surface area contributed by atoms with E-state index < -0.39 is 11.9 Å². The summed E-state index contributed by atoms with van der Waals surface area (Å²) in [6.45, 7) is 4.31. The van der Waals surface area contributed by atoms with Crippen LogP contribution in [-0.2, 0) is 15.3 Å². The van der Waals surface area contributed by atoms with Gasteiger partial charge in [-0.2, -0.15) is 0 Å². The zero-order chi connectivity index (χ0) is 15.0. The molecule has 1 N–H and O–H groups in total. The average molecular weight is 295 g/mol. The average Bonchev–Trinajstić information content (AvgIpc) is 2.45. The lowest BCUT2D eigenvalue weighted by Crippen LogP contribution is -2.37. The number of carbonyl (C=O) groups is 2. The lowest BCUT2D eigenvalue weighted by atomic mass is 10.2. The molecule has 5 heteroatoms. The van der Waals surface area contributed by atoms with Crippen LogP contribution in [0.15, 0.2) is 30.3 Å². The van der Waals surface area contributed by atoms with E-state index in [4.69, 9.17) is 5.11 Å². The molecule has 1 aromatic carbocycles. The molecule has 0 aliphatic rings. The minimum Gasteiger partial charge on any atom is -0.481 e. The van der Waals surface area contributed by atoms with Crippen molar-refractivity contribution >= 4 is 23.6 Å². The molecule has 0 heterocycles. The number of benzene rings is 1. The molecule has 0 aliphatic carbocycles. The van der Waals surface area contributed by atoms with Crippen LogP contribution in [0.25, 0.3) is 0 Å². The van der Waals surface area contributed by atoms with Crippen molar-refractivity contribution in [2.45, 2.75) is 19.6 Å². The molecule has 4 nitrogen and oxygen atoms in total. The summed E-state index contributed by atoms with van der Waals surface area (Å²) in [7, 11) is 0. The van der Waals surface area contributed by atoms with Gasteiger partial charge in [-0.05, 0) is 12.5 Å². The van der Waals surface area contributed by atoms with Crippen LogP contribution in [0.5, 0.6) is 0 Å². The molecule has 1 atom stereocenters. The zero-order valence-electron chi connectivity index (χ0n) is 11.9. The summed E-state index contributed by atoms with van der Waals surface area (Å²) in [5.41, 5.74) is 1.19. The summed E-state index contributed by atoms with van der Waals surface area (Å²) in [6.07, 6.45) is 0. The van der Waals surface area contributed by atoms with Crippen LogP contribution in [0, 0.1) is 5.92 Å². The third-order valence-corrected chi connectivity index (χ3v) is 3.98. The number of hydrogen-bond donors (Lipinski definition) is 1. The number of nitrogens with zero attached hydrogens (tertiary/aromatic N) is 1. The molecular formula is C15H21NO3S. The fourth-order valence-electron chi connectivity index (χ4n) is 1.74. The summed E-state index contributed by atoms with van der Waals surface area (Å²) in [4.78, 5) is 24.5. The maximum Gasteiger partial charge on any atom is 0.308 e. The predicted octanol–water partition coefficient (Wildman–Crippen LogP) is 2.49. The van der Waals surface area contributed by atoms with E-state index in [-0.39, 0.29) is 12.5 Å². The van der Waals surface area contributed by atoms with Crippen LogP contribution in [-0.4, -0.2) is 40.7 Å². The SMILES string of the molecule is CCN(CC(C)C(=O)O)C(=O)CSCc1ccccc1. The minimum atomic E-state index is -0.867. The Balaban J connectivity index is 2.38. The van der Waals surface area contributed by atoms with Crippen molar-refractivity contribution < 1.29 is 14.7 Å². The van der Waals surface area contributed by atoms with E-state index in [0.717, 1.165) is 5.75 Å². The van der Waals surface area contributed by atoms with E-state index in [0.29, 0.717) is 12.3 Å². The highest BCUT2D eigenvalue weighted by atomic mass is 32.2. The van der Waals surface area contributed by atoms with Crippen LogP contribution >= 0.6 is 11.8 Å². The monoisotopic (exact) mass is 295 g/mol. The Labute approximate surface area is 124 Å². The van der Waals surface area contributed by atoms with Crippen LogP contribution in [0.2, 0.25) is 0 Å². The largest absolute Gasteiger partial charge is 0.481 e. The number of rotatable bonds is 8. The third kappa shape index (κ3) is 5.65. The first kappa shape index (κ1) is 16.6. The number of amides is 1.